The van der Waals surface area contributed by atoms with Gasteiger partial charge in [-0.3, -0.25) is 4.89 Å². The van der Waals surface area contributed by atoms with Crippen molar-refractivity contribution in [3.63, 3.8) is 0 Å². The van der Waals surface area contributed by atoms with E-state index in [-0.39, 0.29) is 17.3 Å². The molecule has 0 rings (SSSR count). The third kappa shape index (κ3) is 6.11. The molecule has 96 valence electrons. The van der Waals surface area contributed by atoms with Gasteiger partial charge in [-0.2, -0.15) is 4.89 Å². The second kappa shape index (κ2) is 7.66. The average molecular weight is 230 g/mol. The molecule has 0 aromatic carbocycles. The summed E-state index contributed by atoms with van der Waals surface area (Å²) in [7, 11) is 0. The van der Waals surface area contributed by atoms with Gasteiger partial charge in [-0.15, -0.1) is 0 Å². The lowest BCUT2D eigenvalue weighted by molar-refractivity contribution is -0.278. The lowest BCUT2D eigenvalue weighted by Gasteiger charge is -2.27. The van der Waals surface area contributed by atoms with Gasteiger partial charge >= 0.3 is 5.97 Å². The molecule has 0 aliphatic heterocycles. The topological polar surface area (TPSA) is 35.5 Å². The highest BCUT2D eigenvalue weighted by Gasteiger charge is 2.32. The van der Waals surface area contributed by atoms with Crippen molar-refractivity contribution in [1.82, 2.24) is 0 Å². The minimum absolute atomic E-state index is 0.0682. The molecule has 0 spiro atoms. The summed E-state index contributed by atoms with van der Waals surface area (Å²) < 4.78 is 0. The molecule has 0 saturated heterocycles. The number of carbonyl (C=O) groups excluding carboxylic acids is 1. The van der Waals surface area contributed by atoms with Crippen LogP contribution in [0.25, 0.3) is 0 Å². The van der Waals surface area contributed by atoms with Crippen LogP contribution in [0.1, 0.15) is 60.3 Å². The molecule has 1 atom stereocenters. The van der Waals surface area contributed by atoms with Crippen LogP contribution in [-0.2, 0) is 14.6 Å². The molecule has 0 amide bonds. The zero-order valence-electron chi connectivity index (χ0n) is 11.3. The van der Waals surface area contributed by atoms with Gasteiger partial charge in [0.05, 0.1) is 12.5 Å². The first kappa shape index (κ1) is 15.4. The summed E-state index contributed by atoms with van der Waals surface area (Å²) in [5.74, 6) is -0.315. The summed E-state index contributed by atoms with van der Waals surface area (Å²) in [6.07, 6.45) is 3.78. The van der Waals surface area contributed by atoms with Gasteiger partial charge in [0.15, 0.2) is 0 Å². The number of hydrogen-bond donors (Lipinski definition) is 0. The molecule has 0 radical (unpaired) electrons. The smallest absolute Gasteiger partial charge is 0.298 e. The van der Waals surface area contributed by atoms with Crippen LogP contribution in [-0.4, -0.2) is 12.6 Å². The standard InChI is InChI=1S/C13H26O3/c1-6-8-10-15-16-12(14)11(9-7-2)13(3,4)5/h11H,6-10H2,1-5H3. The Morgan fingerprint density at radius 3 is 2.25 bits per heavy atom. The lowest BCUT2D eigenvalue weighted by Crippen LogP contribution is -2.30. The van der Waals surface area contributed by atoms with E-state index in [9.17, 15) is 4.79 Å². The Kier molecular flexibility index (Phi) is 7.39. The minimum atomic E-state index is -0.231. The second-order valence-electron chi connectivity index (χ2n) is 5.29. The molecule has 0 N–H and O–H groups in total. The fourth-order valence-electron chi connectivity index (χ4n) is 1.55. The largest absolute Gasteiger partial charge is 0.345 e. The summed E-state index contributed by atoms with van der Waals surface area (Å²) in [6, 6.07) is 0. The Morgan fingerprint density at radius 2 is 1.81 bits per heavy atom. The van der Waals surface area contributed by atoms with Crippen molar-refractivity contribution in [2.24, 2.45) is 11.3 Å². The first-order valence-electron chi connectivity index (χ1n) is 6.26. The number of hydrogen-bond acceptors (Lipinski definition) is 3. The van der Waals surface area contributed by atoms with Crippen molar-refractivity contribution in [3.05, 3.63) is 0 Å². The summed E-state index contributed by atoms with van der Waals surface area (Å²) in [4.78, 5) is 21.6. The van der Waals surface area contributed by atoms with E-state index in [4.69, 9.17) is 9.78 Å². The van der Waals surface area contributed by atoms with Crippen molar-refractivity contribution in [1.29, 1.82) is 0 Å². The van der Waals surface area contributed by atoms with Crippen molar-refractivity contribution in [3.8, 4) is 0 Å². The van der Waals surface area contributed by atoms with Crippen molar-refractivity contribution in [2.45, 2.75) is 60.3 Å². The Labute approximate surface area is 99.4 Å². The van der Waals surface area contributed by atoms with Crippen LogP contribution in [0.2, 0.25) is 0 Å². The molecule has 0 heterocycles. The average Bonchev–Trinajstić information content (AvgIpc) is 2.19. The number of rotatable bonds is 7. The maximum absolute atomic E-state index is 11.8. The Hall–Kier alpha value is -0.570. The van der Waals surface area contributed by atoms with Gasteiger partial charge in [-0.05, 0) is 18.3 Å². The van der Waals surface area contributed by atoms with E-state index in [0.717, 1.165) is 25.7 Å². The molecular weight excluding hydrogens is 204 g/mol. The fourth-order valence-corrected chi connectivity index (χ4v) is 1.55. The normalized spacial score (nSPS) is 13.6. The van der Waals surface area contributed by atoms with Crippen LogP contribution in [0.15, 0.2) is 0 Å². The molecule has 0 bridgehead atoms. The molecule has 0 aromatic rings. The van der Waals surface area contributed by atoms with Crippen LogP contribution in [0.3, 0.4) is 0 Å². The Morgan fingerprint density at radius 1 is 1.19 bits per heavy atom. The van der Waals surface area contributed by atoms with Gasteiger partial charge in [-0.25, -0.2) is 4.79 Å². The molecular formula is C13H26O3. The monoisotopic (exact) mass is 230 g/mol. The van der Waals surface area contributed by atoms with Gasteiger partial charge in [0.1, 0.15) is 0 Å². The van der Waals surface area contributed by atoms with E-state index < -0.39 is 0 Å². The van der Waals surface area contributed by atoms with Gasteiger partial charge < -0.3 is 0 Å². The van der Waals surface area contributed by atoms with E-state index >= 15 is 0 Å². The molecule has 3 heteroatoms. The van der Waals surface area contributed by atoms with Gasteiger partial charge in [0.2, 0.25) is 0 Å². The quantitative estimate of drug-likeness (QED) is 0.380. The van der Waals surface area contributed by atoms with E-state index in [1.807, 2.05) is 0 Å². The van der Waals surface area contributed by atoms with Crippen molar-refractivity contribution < 1.29 is 14.6 Å². The second-order valence-corrected chi connectivity index (χ2v) is 5.29. The summed E-state index contributed by atoms with van der Waals surface area (Å²) >= 11 is 0. The summed E-state index contributed by atoms with van der Waals surface area (Å²) in [5, 5.41) is 0. The maximum atomic E-state index is 11.8. The molecule has 1 unspecified atom stereocenters. The minimum Gasteiger partial charge on any atom is -0.298 e. The molecule has 0 aliphatic rings. The number of unbranched alkanes of at least 4 members (excludes halogenated alkanes) is 1. The summed E-state index contributed by atoms with van der Waals surface area (Å²) in [6.45, 7) is 10.8. The van der Waals surface area contributed by atoms with E-state index in [1.165, 1.54) is 0 Å². The molecule has 0 fully saturated rings. The van der Waals surface area contributed by atoms with Crippen molar-refractivity contribution >= 4 is 5.97 Å². The first-order valence-corrected chi connectivity index (χ1v) is 6.26. The fraction of sp³-hybridized carbons (Fsp3) is 0.923. The highest BCUT2D eigenvalue weighted by Crippen LogP contribution is 2.30. The van der Waals surface area contributed by atoms with Crippen molar-refractivity contribution in [2.75, 3.05) is 6.61 Å². The van der Waals surface area contributed by atoms with Gasteiger partial charge in [0, 0.05) is 0 Å². The third-order valence-corrected chi connectivity index (χ3v) is 2.63. The predicted molar refractivity (Wildman–Crippen MR) is 64.8 cm³/mol. The van der Waals surface area contributed by atoms with E-state index in [1.54, 1.807) is 0 Å². The molecule has 0 aliphatic carbocycles. The van der Waals surface area contributed by atoms with E-state index in [0.29, 0.717) is 6.61 Å². The highest BCUT2D eigenvalue weighted by atomic mass is 17.2. The zero-order chi connectivity index (χ0) is 12.6. The lowest BCUT2D eigenvalue weighted by atomic mass is 9.78. The van der Waals surface area contributed by atoms with Gasteiger partial charge in [-0.1, -0.05) is 47.5 Å². The molecule has 0 aromatic heterocycles. The molecule has 0 saturated carbocycles. The Balaban J connectivity index is 4.08. The SMILES string of the molecule is CCCCOOC(=O)C(CCC)C(C)(C)C. The van der Waals surface area contributed by atoms with E-state index in [2.05, 4.69) is 34.6 Å². The van der Waals surface area contributed by atoms with Gasteiger partial charge in [0.25, 0.3) is 0 Å². The zero-order valence-corrected chi connectivity index (χ0v) is 11.3. The van der Waals surface area contributed by atoms with Crippen LogP contribution in [0.4, 0.5) is 0 Å². The number of carbonyl (C=O) groups is 1. The third-order valence-electron chi connectivity index (χ3n) is 2.63. The first-order chi connectivity index (χ1) is 7.43. The maximum Gasteiger partial charge on any atom is 0.345 e. The molecule has 16 heavy (non-hydrogen) atoms. The predicted octanol–water partition coefficient (Wildman–Crippen LogP) is 3.72. The van der Waals surface area contributed by atoms with Crippen LogP contribution < -0.4 is 0 Å². The van der Waals surface area contributed by atoms with Crippen LogP contribution >= 0.6 is 0 Å². The molecule has 3 nitrogen and oxygen atoms in total. The highest BCUT2D eigenvalue weighted by molar-refractivity contribution is 5.72. The Bertz CT molecular complexity index is 194. The van der Waals surface area contributed by atoms with Crippen LogP contribution in [0.5, 0.6) is 0 Å². The van der Waals surface area contributed by atoms with Crippen LogP contribution in [0, 0.1) is 11.3 Å². The summed E-state index contributed by atoms with van der Waals surface area (Å²) in [5.41, 5.74) is -0.0682.